The highest BCUT2D eigenvalue weighted by atomic mass is 32.2. The molecule has 1 N–H and O–H groups in total. The Labute approximate surface area is 256 Å². The number of rotatable bonds is 9. The van der Waals surface area contributed by atoms with Crippen LogP contribution in [-0.4, -0.2) is 42.7 Å². The molecule has 2 aliphatic carbocycles. The van der Waals surface area contributed by atoms with Crippen LogP contribution in [0.15, 0.2) is 58.4 Å². The van der Waals surface area contributed by atoms with Gasteiger partial charge in [-0.05, 0) is 68.9 Å². The fraction of sp³-hybridized carbons (Fsp3) is 0.455. The number of aromatic nitrogens is 1. The summed E-state index contributed by atoms with van der Waals surface area (Å²) in [4.78, 5) is 25.3. The molecular formula is C33H38F2N2O6S. The molecule has 2 fully saturated rings. The molecule has 44 heavy (non-hydrogen) atoms. The number of benzene rings is 2. The van der Waals surface area contributed by atoms with Gasteiger partial charge in [0.2, 0.25) is 11.8 Å². The van der Waals surface area contributed by atoms with Crippen LogP contribution in [0.4, 0.5) is 8.78 Å². The predicted octanol–water partition coefficient (Wildman–Crippen LogP) is 6.11. The fourth-order valence-corrected chi connectivity index (χ4v) is 6.73. The fourth-order valence-electron chi connectivity index (χ4n) is 5.82. The summed E-state index contributed by atoms with van der Waals surface area (Å²) in [6.07, 6.45) is 2.90. The first-order valence-electron chi connectivity index (χ1n) is 14.9. The minimum Gasteiger partial charge on any atom is -0.490 e. The zero-order chi connectivity index (χ0) is 31.8. The third kappa shape index (κ3) is 6.82. The van der Waals surface area contributed by atoms with Crippen LogP contribution >= 0.6 is 0 Å². The van der Waals surface area contributed by atoms with Crippen molar-refractivity contribution in [2.45, 2.75) is 82.3 Å². The Kier molecular flexibility index (Phi) is 8.89. The highest BCUT2D eigenvalue weighted by molar-refractivity contribution is 7.91. The van der Waals surface area contributed by atoms with Crippen molar-refractivity contribution < 1.29 is 31.5 Å². The van der Waals surface area contributed by atoms with Gasteiger partial charge in [-0.25, -0.2) is 17.2 Å². The highest BCUT2D eigenvalue weighted by Gasteiger charge is 2.49. The summed E-state index contributed by atoms with van der Waals surface area (Å²) in [6.45, 7) is 5.44. The number of ether oxygens (including phenoxy) is 2. The number of nitrogens with one attached hydrogen (secondary N) is 1. The molecule has 0 spiro atoms. The molecule has 8 nitrogen and oxygen atoms in total. The lowest BCUT2D eigenvalue weighted by Crippen LogP contribution is -2.49. The summed E-state index contributed by atoms with van der Waals surface area (Å²) in [5.41, 5.74) is 2.49. The summed E-state index contributed by atoms with van der Waals surface area (Å²) in [7, 11) is -1.95. The maximum atomic E-state index is 13.2. The Balaban J connectivity index is 1.43. The minimum atomic E-state index is -3.56. The number of amides is 1. The van der Waals surface area contributed by atoms with Gasteiger partial charge in [0.1, 0.15) is 17.2 Å². The predicted molar refractivity (Wildman–Crippen MR) is 163 cm³/mol. The number of alkyl halides is 2. The van der Waals surface area contributed by atoms with E-state index in [1.165, 1.54) is 16.7 Å². The molecule has 11 heteroatoms. The van der Waals surface area contributed by atoms with Crippen molar-refractivity contribution in [2.75, 3.05) is 5.75 Å². The van der Waals surface area contributed by atoms with E-state index in [2.05, 4.69) is 5.32 Å². The van der Waals surface area contributed by atoms with E-state index in [4.69, 9.17) is 9.47 Å². The zero-order valence-electron chi connectivity index (χ0n) is 25.4. The van der Waals surface area contributed by atoms with Crippen molar-refractivity contribution >= 4 is 15.7 Å². The van der Waals surface area contributed by atoms with Gasteiger partial charge in [0.05, 0.1) is 16.8 Å². The summed E-state index contributed by atoms with van der Waals surface area (Å²) in [5.74, 6) is -2.44. The molecule has 3 aromatic rings. The second kappa shape index (κ2) is 12.3. The lowest BCUT2D eigenvalue weighted by atomic mass is 9.80. The molecule has 0 saturated heterocycles. The van der Waals surface area contributed by atoms with Crippen molar-refractivity contribution in [3.63, 3.8) is 0 Å². The van der Waals surface area contributed by atoms with Crippen LogP contribution in [0.25, 0.3) is 11.1 Å². The molecule has 2 saturated carbocycles. The van der Waals surface area contributed by atoms with Crippen molar-refractivity contribution in [1.82, 2.24) is 9.88 Å². The zero-order valence-corrected chi connectivity index (χ0v) is 26.2. The Hall–Kier alpha value is -3.73. The highest BCUT2D eigenvalue weighted by Crippen LogP contribution is 2.43. The van der Waals surface area contributed by atoms with Crippen LogP contribution in [0.2, 0.25) is 0 Å². The third-order valence-corrected chi connectivity index (χ3v) is 10.3. The van der Waals surface area contributed by atoms with E-state index in [9.17, 15) is 26.8 Å². The van der Waals surface area contributed by atoms with Gasteiger partial charge < -0.3 is 19.4 Å². The quantitative estimate of drug-likeness (QED) is 0.307. The van der Waals surface area contributed by atoms with Crippen molar-refractivity contribution in [3.8, 4) is 28.4 Å². The summed E-state index contributed by atoms with van der Waals surface area (Å²) >= 11 is 0. The Morgan fingerprint density at radius 2 is 1.66 bits per heavy atom. The van der Waals surface area contributed by atoms with E-state index in [-0.39, 0.29) is 34.3 Å². The largest absolute Gasteiger partial charge is 0.490 e. The van der Waals surface area contributed by atoms with Gasteiger partial charge >= 0.3 is 0 Å². The van der Waals surface area contributed by atoms with Crippen molar-refractivity contribution in [2.24, 2.45) is 13.0 Å². The maximum absolute atomic E-state index is 13.2. The van der Waals surface area contributed by atoms with Gasteiger partial charge in [-0.1, -0.05) is 25.1 Å². The van der Waals surface area contributed by atoms with Crippen LogP contribution in [0.1, 0.15) is 56.6 Å². The molecule has 5 rings (SSSR count). The molecule has 0 unspecified atom stereocenters. The number of carbonyl (C=O) groups is 1. The topological polar surface area (TPSA) is 104 Å². The van der Waals surface area contributed by atoms with Crippen molar-refractivity contribution in [1.29, 1.82) is 0 Å². The number of pyridine rings is 1. The monoisotopic (exact) mass is 628 g/mol. The summed E-state index contributed by atoms with van der Waals surface area (Å²) in [5, 5.41) is 2.91. The van der Waals surface area contributed by atoms with Crippen molar-refractivity contribution in [3.05, 3.63) is 70.1 Å². The Morgan fingerprint density at radius 3 is 2.27 bits per heavy atom. The number of hydrogen-bond acceptors (Lipinski definition) is 6. The molecule has 1 amide bonds. The van der Waals surface area contributed by atoms with Crippen LogP contribution in [-0.2, 0) is 21.7 Å². The number of halogens is 2. The van der Waals surface area contributed by atoms with Gasteiger partial charge in [0, 0.05) is 55.2 Å². The van der Waals surface area contributed by atoms with E-state index >= 15 is 0 Å². The van der Waals surface area contributed by atoms with Gasteiger partial charge in [-0.15, -0.1) is 0 Å². The number of carbonyl (C=O) groups excluding carboxylic acids is 1. The number of hydrogen-bond donors (Lipinski definition) is 1. The summed E-state index contributed by atoms with van der Waals surface area (Å²) < 4.78 is 66.4. The first kappa shape index (κ1) is 31.7. The SMILES string of the molecule is CCS(=O)(=O)c1ccc(Oc2c(C)cccc2C)c(-c2cn(C)c(=O)cc2OC2CCC(NC(=O)C3CC(F)(F)C3)CC2)c1. The van der Waals surface area contributed by atoms with Gasteiger partial charge in [0.15, 0.2) is 9.84 Å². The average molecular weight is 629 g/mol. The van der Waals surface area contributed by atoms with Crippen LogP contribution < -0.4 is 20.3 Å². The number of sulfone groups is 1. The lowest BCUT2D eigenvalue weighted by Gasteiger charge is -2.36. The molecular weight excluding hydrogens is 590 g/mol. The number of para-hydroxylation sites is 1. The lowest BCUT2D eigenvalue weighted by molar-refractivity contribution is -0.151. The van der Waals surface area contributed by atoms with Crippen LogP contribution in [0.5, 0.6) is 17.2 Å². The van der Waals surface area contributed by atoms with Crippen LogP contribution in [0, 0.1) is 19.8 Å². The second-order valence-electron chi connectivity index (χ2n) is 11.9. The maximum Gasteiger partial charge on any atom is 0.254 e. The molecule has 0 bridgehead atoms. The van der Waals surface area contributed by atoms with E-state index in [0.29, 0.717) is 54.1 Å². The van der Waals surface area contributed by atoms with E-state index in [1.54, 1.807) is 32.3 Å². The molecule has 1 heterocycles. The van der Waals surface area contributed by atoms with Gasteiger partial charge in [-0.3, -0.25) is 9.59 Å². The van der Waals surface area contributed by atoms with E-state index in [0.717, 1.165) is 11.1 Å². The normalized spacial score (nSPS) is 20.0. The van der Waals surface area contributed by atoms with E-state index < -0.39 is 34.5 Å². The molecule has 0 aliphatic heterocycles. The summed E-state index contributed by atoms with van der Waals surface area (Å²) in [6, 6.07) is 11.8. The molecule has 1 aromatic heterocycles. The Bertz CT molecular complexity index is 1700. The first-order chi connectivity index (χ1) is 20.8. The molecule has 0 atom stereocenters. The molecule has 236 valence electrons. The standard InChI is InChI=1S/C33H38F2N2O6S/c1-5-44(40,41)25-13-14-28(43-31-20(2)7-6-8-21(31)3)26(15-25)27-19-37(4)30(38)16-29(27)42-24-11-9-23(10-12-24)36-32(39)22-17-33(34,35)18-22/h6-8,13-16,19,22-24H,5,9-12,17-18H2,1-4H3,(H,36,39). The average Bonchev–Trinajstić information content (AvgIpc) is 2.96. The smallest absolute Gasteiger partial charge is 0.254 e. The van der Waals surface area contributed by atoms with E-state index in [1.807, 2.05) is 32.0 Å². The number of aryl methyl sites for hydroxylation is 3. The first-order valence-corrected chi connectivity index (χ1v) is 16.6. The van der Waals surface area contributed by atoms with Gasteiger partial charge in [-0.2, -0.15) is 0 Å². The second-order valence-corrected chi connectivity index (χ2v) is 14.2. The Morgan fingerprint density at radius 1 is 1.00 bits per heavy atom. The third-order valence-electron chi connectivity index (χ3n) is 8.57. The van der Waals surface area contributed by atoms with Gasteiger partial charge in [0.25, 0.3) is 5.56 Å². The molecule has 0 radical (unpaired) electrons. The molecule has 2 aromatic carbocycles. The minimum absolute atomic E-state index is 0.0802. The number of nitrogens with zero attached hydrogens (tertiary/aromatic N) is 1. The van der Waals surface area contributed by atoms with Crippen LogP contribution in [0.3, 0.4) is 0 Å². The molecule has 2 aliphatic rings.